The first-order valence-corrected chi connectivity index (χ1v) is 12.8. The third kappa shape index (κ3) is 5.64. The summed E-state index contributed by atoms with van der Waals surface area (Å²) in [7, 11) is -3.74. The zero-order valence-corrected chi connectivity index (χ0v) is 19.7. The average molecular weight is 481 g/mol. The number of fused-ring (bicyclic) bond motifs is 3. The van der Waals surface area contributed by atoms with Gasteiger partial charge < -0.3 is 15.2 Å². The van der Waals surface area contributed by atoms with Crippen molar-refractivity contribution >= 4 is 16.1 Å². The quantitative estimate of drug-likeness (QED) is 0.435. The van der Waals surface area contributed by atoms with Crippen LogP contribution in [-0.2, 0) is 21.3 Å². The summed E-state index contributed by atoms with van der Waals surface area (Å²) in [6.45, 7) is 1.81. The first-order valence-electron chi connectivity index (χ1n) is 11.1. The van der Waals surface area contributed by atoms with Gasteiger partial charge in [0.05, 0.1) is 17.9 Å². The molecule has 0 fully saturated rings. The van der Waals surface area contributed by atoms with E-state index in [1.54, 1.807) is 19.1 Å². The van der Waals surface area contributed by atoms with Crippen LogP contribution in [-0.4, -0.2) is 44.1 Å². The molecule has 3 N–H and O–H groups in total. The van der Waals surface area contributed by atoms with E-state index in [2.05, 4.69) is 22.2 Å². The van der Waals surface area contributed by atoms with Gasteiger partial charge in [-0.3, -0.25) is 0 Å². The number of hydrogen-bond donors (Lipinski definition) is 3. The summed E-state index contributed by atoms with van der Waals surface area (Å²) in [5.74, 6) is -0.620. The molecule has 4 rings (SSSR count). The lowest BCUT2D eigenvalue weighted by atomic mass is 9.98. The Morgan fingerprint density at radius 2 is 1.50 bits per heavy atom. The molecule has 0 heterocycles. The summed E-state index contributed by atoms with van der Waals surface area (Å²) >= 11 is 0. The number of rotatable bonds is 9. The molecule has 3 aromatic rings. The third-order valence-corrected chi connectivity index (χ3v) is 7.36. The van der Waals surface area contributed by atoms with Gasteiger partial charge in [-0.25, -0.2) is 17.9 Å². The maximum atomic E-state index is 12.4. The molecule has 3 aromatic carbocycles. The van der Waals surface area contributed by atoms with Crippen LogP contribution in [0.1, 0.15) is 29.5 Å². The number of carbonyl (C=O) groups is 1. The predicted octanol–water partition coefficient (Wildman–Crippen LogP) is 3.39. The van der Waals surface area contributed by atoms with Crippen LogP contribution in [0.3, 0.4) is 0 Å². The molecule has 2 atom stereocenters. The van der Waals surface area contributed by atoms with E-state index in [0.29, 0.717) is 0 Å². The highest BCUT2D eigenvalue weighted by Gasteiger charge is 2.30. The smallest absolute Gasteiger partial charge is 0.407 e. The predicted molar refractivity (Wildman–Crippen MR) is 131 cm³/mol. The van der Waals surface area contributed by atoms with Crippen LogP contribution in [0.4, 0.5) is 4.79 Å². The summed E-state index contributed by atoms with van der Waals surface area (Å²) in [4.78, 5) is 12.4. The Bertz CT molecular complexity index is 1200. The molecule has 1 amide bonds. The van der Waals surface area contributed by atoms with Gasteiger partial charge in [0.15, 0.2) is 0 Å². The Kier molecular flexibility index (Phi) is 7.31. The number of amides is 1. The van der Waals surface area contributed by atoms with Crippen molar-refractivity contribution in [3.63, 3.8) is 0 Å². The number of aliphatic hydroxyl groups excluding tert-OH is 1. The number of alkyl carbamates (subject to hydrolysis) is 1. The van der Waals surface area contributed by atoms with E-state index < -0.39 is 34.0 Å². The molecule has 0 bridgehead atoms. The molecule has 8 heteroatoms. The summed E-state index contributed by atoms with van der Waals surface area (Å²) in [5.41, 5.74) is 5.26. The molecule has 34 heavy (non-hydrogen) atoms. The molecule has 7 nitrogen and oxygen atoms in total. The highest BCUT2D eigenvalue weighted by atomic mass is 32.2. The van der Waals surface area contributed by atoms with Crippen molar-refractivity contribution in [1.29, 1.82) is 0 Å². The minimum atomic E-state index is -3.74. The summed E-state index contributed by atoms with van der Waals surface area (Å²) < 4.78 is 32.6. The molecule has 1 aliphatic carbocycles. The molecule has 0 aliphatic heterocycles. The number of nitrogens with one attached hydrogen (secondary N) is 2. The van der Waals surface area contributed by atoms with Gasteiger partial charge in [-0.2, -0.15) is 0 Å². The van der Waals surface area contributed by atoms with Crippen molar-refractivity contribution < 1.29 is 23.1 Å². The Morgan fingerprint density at radius 3 is 2.12 bits per heavy atom. The monoisotopic (exact) mass is 480 g/mol. The molecular weight excluding hydrogens is 452 g/mol. The van der Waals surface area contributed by atoms with Gasteiger partial charge in [-0.05, 0) is 34.7 Å². The molecule has 0 radical (unpaired) electrons. The Morgan fingerprint density at radius 1 is 0.941 bits per heavy atom. The van der Waals surface area contributed by atoms with Crippen molar-refractivity contribution in [2.24, 2.45) is 0 Å². The van der Waals surface area contributed by atoms with Gasteiger partial charge in [0.1, 0.15) is 6.61 Å². The van der Waals surface area contributed by atoms with E-state index in [1.165, 1.54) is 0 Å². The van der Waals surface area contributed by atoms with Crippen molar-refractivity contribution in [3.05, 3.63) is 95.6 Å². The second-order valence-corrected chi connectivity index (χ2v) is 10.3. The molecule has 0 spiro atoms. The van der Waals surface area contributed by atoms with Crippen molar-refractivity contribution in [3.8, 4) is 11.1 Å². The lowest BCUT2D eigenvalue weighted by Gasteiger charge is -2.21. The number of benzene rings is 3. The van der Waals surface area contributed by atoms with Crippen molar-refractivity contribution in [2.75, 3.05) is 12.4 Å². The molecule has 1 aliphatic rings. The van der Waals surface area contributed by atoms with Gasteiger partial charge >= 0.3 is 6.09 Å². The summed E-state index contributed by atoms with van der Waals surface area (Å²) in [5, 5.41) is 12.9. The number of sulfonamides is 1. The number of carbonyl (C=O) groups excluding carboxylic acids is 1. The first-order chi connectivity index (χ1) is 16.3. The van der Waals surface area contributed by atoms with Crippen LogP contribution < -0.4 is 10.0 Å². The Labute approximate surface area is 199 Å². The number of ether oxygens (including phenoxy) is 1. The third-order valence-electron chi connectivity index (χ3n) is 6.00. The number of aliphatic hydroxyl groups is 1. The molecule has 0 aromatic heterocycles. The van der Waals surface area contributed by atoms with E-state index in [1.807, 2.05) is 54.6 Å². The number of hydrogen-bond acceptors (Lipinski definition) is 5. The van der Waals surface area contributed by atoms with Crippen LogP contribution in [0, 0.1) is 0 Å². The largest absolute Gasteiger partial charge is 0.449 e. The Hall–Kier alpha value is -3.20. The van der Waals surface area contributed by atoms with Crippen LogP contribution in [0.15, 0.2) is 78.9 Å². The standard InChI is InChI=1S/C26H28N2O5S/c1-18(25(29)17-34(31,32)27-15-19-9-3-2-4-10-19)28-26(30)33-16-24-22-13-7-5-11-20(22)21-12-6-8-14-23(21)24/h2-14,18,24-25,27,29H,15-17H2,1H3,(H,28,30)/t18-,25?/m0/s1. The first kappa shape index (κ1) is 23.9. The van der Waals surface area contributed by atoms with E-state index in [-0.39, 0.29) is 19.1 Å². The molecule has 1 unspecified atom stereocenters. The van der Waals surface area contributed by atoms with Crippen molar-refractivity contribution in [2.45, 2.75) is 31.5 Å². The fraction of sp³-hybridized carbons (Fsp3) is 0.269. The van der Waals surface area contributed by atoms with E-state index >= 15 is 0 Å². The lowest BCUT2D eigenvalue weighted by molar-refractivity contribution is 0.117. The molecule has 178 valence electrons. The molecule has 0 saturated heterocycles. The van der Waals surface area contributed by atoms with Gasteiger partial charge in [-0.15, -0.1) is 0 Å². The minimum absolute atomic E-state index is 0.0825. The topological polar surface area (TPSA) is 105 Å². The van der Waals surface area contributed by atoms with E-state index in [0.717, 1.165) is 27.8 Å². The second-order valence-electron chi connectivity index (χ2n) is 8.41. The van der Waals surface area contributed by atoms with E-state index in [9.17, 15) is 18.3 Å². The zero-order valence-electron chi connectivity index (χ0n) is 18.8. The van der Waals surface area contributed by atoms with Gasteiger partial charge in [0.2, 0.25) is 10.0 Å². The van der Waals surface area contributed by atoms with E-state index in [4.69, 9.17) is 4.74 Å². The fourth-order valence-electron chi connectivity index (χ4n) is 4.14. The van der Waals surface area contributed by atoms with Crippen molar-refractivity contribution in [1.82, 2.24) is 10.0 Å². The normalized spacial score (nSPS) is 14.6. The van der Waals surface area contributed by atoms with Gasteiger partial charge in [0, 0.05) is 12.5 Å². The summed E-state index contributed by atoms with van der Waals surface area (Å²) in [6.07, 6.45) is -2.00. The van der Waals surface area contributed by atoms with Crippen LogP contribution in [0.2, 0.25) is 0 Å². The highest BCUT2D eigenvalue weighted by Crippen LogP contribution is 2.44. The van der Waals surface area contributed by atoms with Crippen LogP contribution in [0.25, 0.3) is 11.1 Å². The fourth-order valence-corrected chi connectivity index (χ4v) is 5.38. The zero-order chi connectivity index (χ0) is 24.1. The second kappa shape index (κ2) is 10.4. The van der Waals surface area contributed by atoms with Gasteiger partial charge in [0.25, 0.3) is 0 Å². The van der Waals surface area contributed by atoms with Gasteiger partial charge in [-0.1, -0.05) is 78.9 Å². The minimum Gasteiger partial charge on any atom is -0.449 e. The maximum absolute atomic E-state index is 12.4. The summed E-state index contributed by atoms with van der Waals surface area (Å²) in [6, 6.07) is 24.3. The molecule has 0 saturated carbocycles. The Balaban J connectivity index is 1.29. The lowest BCUT2D eigenvalue weighted by Crippen LogP contribution is -2.46. The van der Waals surface area contributed by atoms with Crippen LogP contribution in [0.5, 0.6) is 0 Å². The highest BCUT2D eigenvalue weighted by molar-refractivity contribution is 7.89. The maximum Gasteiger partial charge on any atom is 0.407 e. The van der Waals surface area contributed by atoms with Crippen LogP contribution >= 0.6 is 0 Å². The molecular formula is C26H28N2O5S. The SMILES string of the molecule is C[C@H](NC(=O)OCC1c2ccccc2-c2ccccc21)C(O)CS(=O)(=O)NCc1ccccc1. The average Bonchev–Trinajstić information content (AvgIpc) is 3.15.